The Hall–Kier alpha value is -2.83. The molecule has 0 fully saturated rings. The maximum absolute atomic E-state index is 11.8. The number of benzene rings is 1. The van der Waals surface area contributed by atoms with Crippen molar-refractivity contribution >= 4 is 12.0 Å². The molecular weight excluding hydrogens is 272 g/mol. The predicted octanol–water partition coefficient (Wildman–Crippen LogP) is 0.539. The zero-order valence-electron chi connectivity index (χ0n) is 12.0. The molecule has 0 saturated carbocycles. The summed E-state index contributed by atoms with van der Waals surface area (Å²) in [6, 6.07) is 8.68. The van der Waals surface area contributed by atoms with Crippen molar-refractivity contribution in [1.29, 1.82) is 0 Å². The van der Waals surface area contributed by atoms with Crippen LogP contribution in [-0.2, 0) is 14.1 Å². The highest BCUT2D eigenvalue weighted by Crippen LogP contribution is 2.14. The molecule has 0 spiro atoms. The van der Waals surface area contributed by atoms with Crippen LogP contribution in [0.15, 0.2) is 45.0 Å². The molecule has 21 heavy (non-hydrogen) atoms. The number of para-hydroxylation sites is 1. The molecule has 0 atom stereocenters. The van der Waals surface area contributed by atoms with Gasteiger partial charge in [-0.15, -0.1) is 0 Å². The highest BCUT2D eigenvalue weighted by atomic mass is 16.5. The first kappa shape index (κ1) is 14.6. The first-order valence-electron chi connectivity index (χ1n) is 6.23. The maximum atomic E-state index is 11.8. The third-order valence-electron chi connectivity index (χ3n) is 3.05. The lowest BCUT2D eigenvalue weighted by molar-refractivity contribution is 0.414. The van der Waals surface area contributed by atoms with E-state index < -0.39 is 11.2 Å². The van der Waals surface area contributed by atoms with Gasteiger partial charge in [-0.2, -0.15) is 5.10 Å². The maximum Gasteiger partial charge on any atom is 0.332 e. The molecule has 1 aromatic carbocycles. The van der Waals surface area contributed by atoms with Crippen LogP contribution in [0.4, 0.5) is 5.82 Å². The fourth-order valence-corrected chi connectivity index (χ4v) is 1.78. The Kier molecular flexibility index (Phi) is 4.22. The number of hydrazone groups is 1. The van der Waals surface area contributed by atoms with Crippen LogP contribution >= 0.6 is 0 Å². The van der Waals surface area contributed by atoms with Crippen LogP contribution in [0.2, 0.25) is 0 Å². The molecule has 0 radical (unpaired) electrons. The number of hydrogen-bond donors (Lipinski definition) is 1. The second-order valence-electron chi connectivity index (χ2n) is 4.38. The van der Waals surface area contributed by atoms with E-state index in [0.717, 1.165) is 10.1 Å². The summed E-state index contributed by atoms with van der Waals surface area (Å²) in [5, 5.41) is 4.03. The summed E-state index contributed by atoms with van der Waals surface area (Å²) in [6.07, 6.45) is 1.56. The van der Waals surface area contributed by atoms with Gasteiger partial charge in [0.2, 0.25) is 0 Å². The standard InChI is InChI=1S/C14H16N4O3/c1-17-12(8-13(19)18(2)14(17)20)16-15-9-10-6-4-5-7-11(10)21-3/h4-9,16H,1-3H3/b15-9+. The molecule has 0 aliphatic heterocycles. The third-order valence-corrected chi connectivity index (χ3v) is 3.05. The Balaban J connectivity index is 2.26. The van der Waals surface area contributed by atoms with Crippen LogP contribution in [-0.4, -0.2) is 22.5 Å². The third kappa shape index (κ3) is 3.02. The quantitative estimate of drug-likeness (QED) is 0.658. The zero-order chi connectivity index (χ0) is 15.4. The fourth-order valence-electron chi connectivity index (χ4n) is 1.78. The number of nitrogens with zero attached hydrogens (tertiary/aromatic N) is 3. The molecule has 7 heteroatoms. The van der Waals surface area contributed by atoms with E-state index in [9.17, 15) is 9.59 Å². The molecule has 0 unspecified atom stereocenters. The molecule has 1 aromatic heterocycles. The second-order valence-corrected chi connectivity index (χ2v) is 4.38. The average Bonchev–Trinajstić information content (AvgIpc) is 2.50. The summed E-state index contributed by atoms with van der Waals surface area (Å²) >= 11 is 0. The van der Waals surface area contributed by atoms with E-state index in [4.69, 9.17) is 4.74 Å². The van der Waals surface area contributed by atoms with E-state index in [0.29, 0.717) is 11.6 Å². The lowest BCUT2D eigenvalue weighted by Crippen LogP contribution is -2.37. The number of ether oxygens (including phenoxy) is 1. The van der Waals surface area contributed by atoms with E-state index in [1.165, 1.54) is 17.7 Å². The number of methoxy groups -OCH3 is 1. The van der Waals surface area contributed by atoms with Crippen molar-refractivity contribution in [2.24, 2.45) is 19.2 Å². The molecule has 110 valence electrons. The van der Waals surface area contributed by atoms with Crippen molar-refractivity contribution in [3.63, 3.8) is 0 Å². The Morgan fingerprint density at radius 3 is 2.62 bits per heavy atom. The number of anilines is 1. The van der Waals surface area contributed by atoms with E-state index in [1.54, 1.807) is 20.4 Å². The minimum absolute atomic E-state index is 0.314. The van der Waals surface area contributed by atoms with E-state index in [1.807, 2.05) is 24.3 Å². The molecule has 7 nitrogen and oxygen atoms in total. The molecular formula is C14H16N4O3. The van der Waals surface area contributed by atoms with Crippen LogP contribution in [0.3, 0.4) is 0 Å². The monoisotopic (exact) mass is 288 g/mol. The molecule has 1 N–H and O–H groups in total. The average molecular weight is 288 g/mol. The summed E-state index contributed by atoms with van der Waals surface area (Å²) in [5.41, 5.74) is 2.65. The fraction of sp³-hybridized carbons (Fsp3) is 0.214. The number of nitrogens with one attached hydrogen (secondary N) is 1. The van der Waals surface area contributed by atoms with Crippen LogP contribution in [0.1, 0.15) is 5.56 Å². The van der Waals surface area contributed by atoms with E-state index in [2.05, 4.69) is 10.5 Å². The Morgan fingerprint density at radius 1 is 1.19 bits per heavy atom. The van der Waals surface area contributed by atoms with Crippen LogP contribution < -0.4 is 21.4 Å². The Morgan fingerprint density at radius 2 is 1.90 bits per heavy atom. The Labute approximate surface area is 121 Å². The zero-order valence-corrected chi connectivity index (χ0v) is 12.0. The van der Waals surface area contributed by atoms with Gasteiger partial charge in [0.05, 0.1) is 13.3 Å². The van der Waals surface area contributed by atoms with Crippen LogP contribution in [0.5, 0.6) is 5.75 Å². The topological polar surface area (TPSA) is 77.6 Å². The normalized spacial score (nSPS) is 10.8. The lowest BCUT2D eigenvalue weighted by atomic mass is 10.2. The predicted molar refractivity (Wildman–Crippen MR) is 81.1 cm³/mol. The highest BCUT2D eigenvalue weighted by molar-refractivity contribution is 5.83. The van der Waals surface area contributed by atoms with Gasteiger partial charge in [0.1, 0.15) is 11.6 Å². The van der Waals surface area contributed by atoms with Crippen LogP contribution in [0, 0.1) is 0 Å². The first-order valence-corrected chi connectivity index (χ1v) is 6.23. The molecule has 0 saturated heterocycles. The molecule has 0 amide bonds. The first-order chi connectivity index (χ1) is 10.0. The van der Waals surface area contributed by atoms with Crippen molar-refractivity contribution in [3.05, 3.63) is 56.7 Å². The molecule has 2 rings (SSSR count). The van der Waals surface area contributed by atoms with Gasteiger partial charge in [-0.1, -0.05) is 12.1 Å². The van der Waals surface area contributed by atoms with Gasteiger partial charge in [0.15, 0.2) is 0 Å². The van der Waals surface area contributed by atoms with Gasteiger partial charge >= 0.3 is 5.69 Å². The minimum Gasteiger partial charge on any atom is -0.496 e. The van der Waals surface area contributed by atoms with Crippen molar-refractivity contribution in [1.82, 2.24) is 9.13 Å². The molecule has 0 bridgehead atoms. The smallest absolute Gasteiger partial charge is 0.332 e. The van der Waals surface area contributed by atoms with E-state index >= 15 is 0 Å². The van der Waals surface area contributed by atoms with Crippen molar-refractivity contribution < 1.29 is 4.74 Å². The van der Waals surface area contributed by atoms with Gasteiger partial charge in [-0.3, -0.25) is 19.4 Å². The van der Waals surface area contributed by atoms with Crippen molar-refractivity contribution in [2.45, 2.75) is 0 Å². The summed E-state index contributed by atoms with van der Waals surface area (Å²) in [6.45, 7) is 0. The molecule has 2 aromatic rings. The van der Waals surface area contributed by atoms with Gasteiger partial charge in [0.25, 0.3) is 5.56 Å². The van der Waals surface area contributed by atoms with Crippen molar-refractivity contribution in [2.75, 3.05) is 12.5 Å². The number of rotatable bonds is 4. The lowest BCUT2D eigenvalue weighted by Gasteiger charge is -2.08. The van der Waals surface area contributed by atoms with Gasteiger partial charge in [-0.05, 0) is 12.1 Å². The molecule has 1 heterocycles. The van der Waals surface area contributed by atoms with Crippen molar-refractivity contribution in [3.8, 4) is 5.75 Å². The van der Waals surface area contributed by atoms with E-state index in [-0.39, 0.29) is 0 Å². The summed E-state index contributed by atoms with van der Waals surface area (Å²) < 4.78 is 7.53. The minimum atomic E-state index is -0.419. The Bertz CT molecular complexity index is 790. The summed E-state index contributed by atoms with van der Waals surface area (Å²) in [7, 11) is 4.56. The summed E-state index contributed by atoms with van der Waals surface area (Å²) in [5.74, 6) is 0.996. The molecule has 0 aliphatic carbocycles. The summed E-state index contributed by atoms with van der Waals surface area (Å²) in [4.78, 5) is 23.3. The SMILES string of the molecule is COc1ccccc1/C=N/Nc1cc(=O)n(C)c(=O)n1C. The van der Waals surface area contributed by atoms with Gasteiger partial charge in [-0.25, -0.2) is 4.79 Å². The highest BCUT2D eigenvalue weighted by Gasteiger charge is 2.04. The second kappa shape index (κ2) is 6.08. The van der Waals surface area contributed by atoms with Gasteiger partial charge in [0, 0.05) is 25.7 Å². The number of aromatic nitrogens is 2. The van der Waals surface area contributed by atoms with Gasteiger partial charge < -0.3 is 4.74 Å². The number of hydrogen-bond acceptors (Lipinski definition) is 5. The van der Waals surface area contributed by atoms with Crippen LogP contribution in [0.25, 0.3) is 0 Å². The molecule has 0 aliphatic rings. The largest absolute Gasteiger partial charge is 0.496 e.